The summed E-state index contributed by atoms with van der Waals surface area (Å²) >= 11 is 0. The van der Waals surface area contributed by atoms with Crippen molar-refractivity contribution in [1.82, 2.24) is 14.7 Å². The Kier molecular flexibility index (Phi) is 8.12. The fourth-order valence-electron chi connectivity index (χ4n) is 5.40. The highest BCUT2D eigenvalue weighted by Crippen LogP contribution is 2.30. The summed E-state index contributed by atoms with van der Waals surface area (Å²) in [5.74, 6) is 0.663. The van der Waals surface area contributed by atoms with Gasteiger partial charge in [0.25, 0.3) is 0 Å². The summed E-state index contributed by atoms with van der Waals surface area (Å²) in [5, 5.41) is 0. The molecule has 3 fully saturated rings. The number of carbonyl (C=O) groups excluding carboxylic acids is 2. The van der Waals surface area contributed by atoms with Crippen LogP contribution in [-0.2, 0) is 19.4 Å². The van der Waals surface area contributed by atoms with E-state index in [1.165, 1.54) is 0 Å². The first-order valence-electron chi connectivity index (χ1n) is 12.1. The molecule has 2 amide bonds. The highest BCUT2D eigenvalue weighted by Gasteiger charge is 2.39. The van der Waals surface area contributed by atoms with Crippen molar-refractivity contribution in [1.29, 1.82) is 0 Å². The summed E-state index contributed by atoms with van der Waals surface area (Å²) in [6, 6.07) is 0.00850. The number of hydrogen-bond acceptors (Lipinski definition) is 6. The quantitative estimate of drug-likeness (QED) is 0.592. The second-order valence-corrected chi connectivity index (χ2v) is 13.1. The molecule has 1 aliphatic carbocycles. The number of piperidine rings is 1. The van der Waals surface area contributed by atoms with Gasteiger partial charge in [-0.3, -0.25) is 9.69 Å². The van der Waals surface area contributed by atoms with Crippen molar-refractivity contribution in [3.63, 3.8) is 0 Å². The van der Waals surface area contributed by atoms with Crippen LogP contribution in [-0.4, -0.2) is 97.5 Å². The molecule has 0 aromatic heterocycles. The van der Waals surface area contributed by atoms with Gasteiger partial charge in [-0.1, -0.05) is 12.8 Å². The largest absolute Gasteiger partial charge is 0.444 e. The van der Waals surface area contributed by atoms with Crippen LogP contribution in [0.5, 0.6) is 0 Å². The van der Waals surface area contributed by atoms with E-state index in [0.717, 1.165) is 51.6 Å². The van der Waals surface area contributed by atoms with Gasteiger partial charge in [0.05, 0.1) is 18.1 Å². The summed E-state index contributed by atoms with van der Waals surface area (Å²) < 4.78 is 29.6. The third-order valence-electron chi connectivity index (χ3n) is 6.81. The van der Waals surface area contributed by atoms with E-state index in [9.17, 15) is 18.0 Å². The number of nitrogens with zero attached hydrogens (tertiary/aromatic N) is 3. The molecule has 9 heteroatoms. The minimum absolute atomic E-state index is 0.0696. The average molecular weight is 472 g/mol. The van der Waals surface area contributed by atoms with Crippen molar-refractivity contribution < 1.29 is 22.7 Å². The number of carbonyl (C=O) groups is 2. The number of hydrogen-bond donors (Lipinski definition) is 0. The van der Waals surface area contributed by atoms with Crippen LogP contribution < -0.4 is 0 Å². The summed E-state index contributed by atoms with van der Waals surface area (Å²) in [4.78, 5) is 31.5. The molecule has 3 aliphatic rings. The number of likely N-dealkylation sites (tertiary alicyclic amines) is 1. The lowest BCUT2D eigenvalue weighted by Gasteiger charge is -2.38. The number of sulfone groups is 1. The standard InChI is InChI=1S/C23H41N3O5S/c1-23(2,3)31-22(28)24(4)14-18-8-7-12-25(15-18)16-21(27)26(19-9-5-6-10-19)20-11-13-32(29,30)17-20/h18-20H,5-17H2,1-4H3. The maximum absolute atomic E-state index is 13.4. The van der Waals surface area contributed by atoms with Crippen LogP contribution in [0.2, 0.25) is 0 Å². The molecule has 1 saturated carbocycles. The van der Waals surface area contributed by atoms with Crippen LogP contribution in [0.1, 0.15) is 65.7 Å². The van der Waals surface area contributed by atoms with Crippen LogP contribution in [0.15, 0.2) is 0 Å². The first-order valence-corrected chi connectivity index (χ1v) is 13.9. The summed E-state index contributed by atoms with van der Waals surface area (Å²) in [7, 11) is -1.27. The Morgan fingerprint density at radius 3 is 2.31 bits per heavy atom. The van der Waals surface area contributed by atoms with E-state index in [0.29, 0.717) is 25.4 Å². The molecular formula is C23H41N3O5S. The van der Waals surface area contributed by atoms with Crippen molar-refractivity contribution in [3.8, 4) is 0 Å². The smallest absolute Gasteiger partial charge is 0.410 e. The van der Waals surface area contributed by atoms with Gasteiger partial charge < -0.3 is 14.5 Å². The van der Waals surface area contributed by atoms with Crippen molar-refractivity contribution >= 4 is 21.8 Å². The molecule has 2 atom stereocenters. The Balaban J connectivity index is 1.57. The minimum atomic E-state index is -3.04. The van der Waals surface area contributed by atoms with E-state index in [1.54, 1.807) is 11.9 Å². The zero-order valence-electron chi connectivity index (χ0n) is 20.2. The van der Waals surface area contributed by atoms with Crippen molar-refractivity contribution in [2.75, 3.05) is 44.7 Å². The van der Waals surface area contributed by atoms with Gasteiger partial charge in [0, 0.05) is 32.2 Å². The zero-order chi connectivity index (χ0) is 23.5. The summed E-state index contributed by atoms with van der Waals surface area (Å²) in [6.07, 6.45) is 6.42. The number of ether oxygens (including phenoxy) is 1. The fraction of sp³-hybridized carbons (Fsp3) is 0.913. The highest BCUT2D eigenvalue weighted by molar-refractivity contribution is 7.91. The van der Waals surface area contributed by atoms with Gasteiger partial charge in [-0.25, -0.2) is 13.2 Å². The molecule has 32 heavy (non-hydrogen) atoms. The predicted octanol–water partition coefficient (Wildman–Crippen LogP) is 2.52. The number of amides is 2. The minimum Gasteiger partial charge on any atom is -0.444 e. The Bertz CT molecular complexity index is 773. The van der Waals surface area contributed by atoms with Gasteiger partial charge >= 0.3 is 6.09 Å². The molecule has 2 unspecified atom stereocenters. The van der Waals surface area contributed by atoms with E-state index < -0.39 is 15.4 Å². The predicted molar refractivity (Wildman–Crippen MR) is 124 cm³/mol. The number of rotatable bonds is 6. The summed E-state index contributed by atoms with van der Waals surface area (Å²) in [5.41, 5.74) is -0.520. The molecule has 8 nitrogen and oxygen atoms in total. The molecule has 0 aromatic rings. The van der Waals surface area contributed by atoms with E-state index in [4.69, 9.17) is 4.74 Å². The third kappa shape index (κ3) is 7.07. The van der Waals surface area contributed by atoms with Crippen LogP contribution in [0.3, 0.4) is 0 Å². The Morgan fingerprint density at radius 2 is 1.72 bits per heavy atom. The van der Waals surface area contributed by atoms with Crippen LogP contribution in [0.25, 0.3) is 0 Å². The SMILES string of the molecule is CN(CC1CCCN(CC(=O)N(C2CCCC2)C2CCS(=O)(=O)C2)C1)C(=O)OC(C)(C)C. The molecule has 2 saturated heterocycles. The Hall–Kier alpha value is -1.35. The molecule has 184 valence electrons. The van der Waals surface area contributed by atoms with E-state index in [2.05, 4.69) is 4.90 Å². The molecule has 0 spiro atoms. The van der Waals surface area contributed by atoms with E-state index in [1.807, 2.05) is 25.7 Å². The Labute approximate surface area is 193 Å². The first kappa shape index (κ1) is 25.3. The molecule has 0 aromatic carbocycles. The van der Waals surface area contributed by atoms with Crippen molar-refractivity contribution in [3.05, 3.63) is 0 Å². The van der Waals surface area contributed by atoms with Gasteiger partial charge in [-0.15, -0.1) is 0 Å². The first-order chi connectivity index (χ1) is 14.9. The molecule has 3 rings (SSSR count). The zero-order valence-corrected chi connectivity index (χ0v) is 21.0. The topological polar surface area (TPSA) is 87.2 Å². The second kappa shape index (κ2) is 10.3. The third-order valence-corrected chi connectivity index (χ3v) is 8.56. The molecule has 0 bridgehead atoms. The molecule has 2 heterocycles. The van der Waals surface area contributed by atoms with Gasteiger partial charge in [-0.2, -0.15) is 0 Å². The normalized spacial score (nSPS) is 26.8. The molecular weight excluding hydrogens is 430 g/mol. The summed E-state index contributed by atoms with van der Waals surface area (Å²) in [6.45, 7) is 8.14. The lowest BCUT2D eigenvalue weighted by molar-refractivity contribution is -0.137. The lowest BCUT2D eigenvalue weighted by atomic mass is 9.97. The molecule has 0 N–H and O–H groups in total. The molecule has 0 radical (unpaired) electrons. The van der Waals surface area contributed by atoms with Crippen molar-refractivity contribution in [2.45, 2.75) is 83.4 Å². The lowest BCUT2D eigenvalue weighted by Crippen LogP contribution is -2.52. The Morgan fingerprint density at radius 1 is 1.03 bits per heavy atom. The van der Waals surface area contributed by atoms with Gasteiger partial charge in [-0.05, 0) is 65.3 Å². The van der Waals surface area contributed by atoms with Gasteiger partial charge in [0.2, 0.25) is 5.91 Å². The average Bonchev–Trinajstić information content (AvgIpc) is 3.31. The monoisotopic (exact) mass is 471 g/mol. The maximum atomic E-state index is 13.4. The molecule has 2 aliphatic heterocycles. The maximum Gasteiger partial charge on any atom is 0.410 e. The fourth-order valence-corrected chi connectivity index (χ4v) is 7.11. The van der Waals surface area contributed by atoms with E-state index in [-0.39, 0.29) is 35.6 Å². The van der Waals surface area contributed by atoms with Crippen LogP contribution in [0, 0.1) is 5.92 Å². The van der Waals surface area contributed by atoms with Crippen LogP contribution >= 0.6 is 0 Å². The highest BCUT2D eigenvalue weighted by atomic mass is 32.2. The van der Waals surface area contributed by atoms with Crippen molar-refractivity contribution in [2.24, 2.45) is 5.92 Å². The van der Waals surface area contributed by atoms with Gasteiger partial charge in [0.15, 0.2) is 9.84 Å². The van der Waals surface area contributed by atoms with Gasteiger partial charge in [0.1, 0.15) is 5.60 Å². The second-order valence-electron chi connectivity index (χ2n) is 10.9. The van der Waals surface area contributed by atoms with E-state index >= 15 is 0 Å². The van der Waals surface area contributed by atoms with Crippen LogP contribution in [0.4, 0.5) is 4.79 Å².